The van der Waals surface area contributed by atoms with E-state index < -0.39 is 23.7 Å². The molecule has 1 unspecified atom stereocenters. The Morgan fingerprint density at radius 2 is 1.82 bits per heavy atom. The molecule has 1 aliphatic rings. The highest BCUT2D eigenvalue weighted by Gasteiger charge is 2.43. The van der Waals surface area contributed by atoms with E-state index in [-0.39, 0.29) is 31.0 Å². The highest BCUT2D eigenvalue weighted by Crippen LogP contribution is 2.26. The van der Waals surface area contributed by atoms with Crippen LogP contribution >= 0.6 is 11.6 Å². The van der Waals surface area contributed by atoms with Crippen LogP contribution in [0.3, 0.4) is 0 Å². The maximum Gasteiger partial charge on any atom is 0.257 e. The molecular formula is C21H18ClFN2O3. The SMILES string of the molecule is C=CCN(C(=O)Cc1ccc(Cl)cc1)C1CC(=O)N(c2ccc(F)cc2)C1=O. The molecule has 0 radical (unpaired) electrons. The average molecular weight is 401 g/mol. The topological polar surface area (TPSA) is 57.7 Å². The van der Waals surface area contributed by atoms with Crippen LogP contribution in [0.25, 0.3) is 0 Å². The predicted molar refractivity (Wildman–Crippen MR) is 104 cm³/mol. The highest BCUT2D eigenvalue weighted by molar-refractivity contribution is 6.30. The molecule has 0 saturated carbocycles. The summed E-state index contributed by atoms with van der Waals surface area (Å²) in [5, 5.41) is 0.561. The largest absolute Gasteiger partial charge is 0.326 e. The van der Waals surface area contributed by atoms with E-state index in [2.05, 4.69) is 6.58 Å². The van der Waals surface area contributed by atoms with Crippen molar-refractivity contribution in [3.8, 4) is 0 Å². The number of carbonyl (C=O) groups excluding carboxylic acids is 3. The summed E-state index contributed by atoms with van der Waals surface area (Å²) >= 11 is 5.86. The van der Waals surface area contributed by atoms with Crippen LogP contribution in [0.15, 0.2) is 61.2 Å². The minimum Gasteiger partial charge on any atom is -0.326 e. The third kappa shape index (κ3) is 4.12. The van der Waals surface area contributed by atoms with Gasteiger partial charge in [-0.1, -0.05) is 29.8 Å². The van der Waals surface area contributed by atoms with Gasteiger partial charge in [0, 0.05) is 11.6 Å². The van der Waals surface area contributed by atoms with Crippen molar-refractivity contribution in [2.75, 3.05) is 11.4 Å². The normalized spacial score (nSPS) is 16.4. The molecule has 5 nitrogen and oxygen atoms in total. The van der Waals surface area contributed by atoms with Gasteiger partial charge in [0.1, 0.15) is 11.9 Å². The lowest BCUT2D eigenvalue weighted by molar-refractivity contribution is -0.137. The molecule has 2 aromatic rings. The van der Waals surface area contributed by atoms with Crippen molar-refractivity contribution in [1.82, 2.24) is 4.90 Å². The van der Waals surface area contributed by atoms with E-state index in [4.69, 9.17) is 11.6 Å². The minimum atomic E-state index is -0.921. The third-order valence-corrected chi connectivity index (χ3v) is 4.75. The molecule has 1 atom stereocenters. The molecule has 0 bridgehead atoms. The zero-order valence-electron chi connectivity index (χ0n) is 15.0. The maximum atomic E-state index is 13.2. The van der Waals surface area contributed by atoms with Gasteiger partial charge in [-0.2, -0.15) is 0 Å². The molecule has 2 aromatic carbocycles. The van der Waals surface area contributed by atoms with Gasteiger partial charge in [-0.05, 0) is 42.0 Å². The number of carbonyl (C=O) groups is 3. The number of amides is 3. The Kier molecular flexibility index (Phi) is 5.90. The summed E-state index contributed by atoms with van der Waals surface area (Å²) in [6.45, 7) is 3.77. The molecule has 144 valence electrons. The Balaban J connectivity index is 1.81. The van der Waals surface area contributed by atoms with Crippen LogP contribution in [0, 0.1) is 5.82 Å². The minimum absolute atomic E-state index is 0.0690. The van der Waals surface area contributed by atoms with Gasteiger partial charge in [0.15, 0.2) is 0 Å². The second kappa shape index (κ2) is 8.35. The Morgan fingerprint density at radius 3 is 2.43 bits per heavy atom. The molecule has 3 rings (SSSR count). The first-order valence-corrected chi connectivity index (χ1v) is 9.05. The summed E-state index contributed by atoms with van der Waals surface area (Å²) in [5.41, 5.74) is 1.03. The molecule has 7 heteroatoms. The Hall–Kier alpha value is -2.99. The Bertz CT molecular complexity index is 912. The molecule has 1 heterocycles. The van der Waals surface area contributed by atoms with E-state index in [1.54, 1.807) is 24.3 Å². The molecule has 3 amide bonds. The van der Waals surface area contributed by atoms with Crippen molar-refractivity contribution in [3.63, 3.8) is 0 Å². The zero-order chi connectivity index (χ0) is 20.3. The first kappa shape index (κ1) is 19.8. The lowest BCUT2D eigenvalue weighted by Gasteiger charge is -2.26. The molecular weight excluding hydrogens is 383 g/mol. The fraction of sp³-hybridized carbons (Fsp3) is 0.190. The number of rotatable bonds is 6. The standard InChI is InChI=1S/C21H18ClFN2O3/c1-2-11-24(19(26)12-14-3-5-15(22)6-4-14)18-13-20(27)25(21(18)28)17-9-7-16(23)8-10-17/h2-10,18H,1,11-13H2. The Morgan fingerprint density at radius 1 is 1.18 bits per heavy atom. The molecule has 0 spiro atoms. The van der Waals surface area contributed by atoms with Crippen molar-refractivity contribution >= 4 is 35.0 Å². The lowest BCUT2D eigenvalue weighted by atomic mass is 10.1. The van der Waals surface area contributed by atoms with E-state index in [0.717, 1.165) is 10.5 Å². The molecule has 0 aromatic heterocycles. The van der Waals surface area contributed by atoms with E-state index in [1.165, 1.54) is 35.2 Å². The number of anilines is 1. The maximum absolute atomic E-state index is 13.2. The summed E-state index contributed by atoms with van der Waals surface area (Å²) in [4.78, 5) is 40.5. The molecule has 1 fully saturated rings. The first-order valence-electron chi connectivity index (χ1n) is 8.68. The van der Waals surface area contributed by atoms with Gasteiger partial charge < -0.3 is 4.90 Å². The van der Waals surface area contributed by atoms with Crippen LogP contribution in [-0.4, -0.2) is 35.2 Å². The van der Waals surface area contributed by atoms with Gasteiger partial charge in [-0.15, -0.1) is 6.58 Å². The Labute approximate surface area is 167 Å². The molecule has 1 saturated heterocycles. The quantitative estimate of drug-likeness (QED) is 0.552. The van der Waals surface area contributed by atoms with Crippen LogP contribution < -0.4 is 4.90 Å². The third-order valence-electron chi connectivity index (χ3n) is 4.50. The van der Waals surface area contributed by atoms with Crippen LogP contribution in [0.1, 0.15) is 12.0 Å². The number of imide groups is 1. The van der Waals surface area contributed by atoms with Gasteiger partial charge >= 0.3 is 0 Å². The van der Waals surface area contributed by atoms with Crippen LogP contribution in [-0.2, 0) is 20.8 Å². The molecule has 0 N–H and O–H groups in total. The number of nitrogens with zero attached hydrogens (tertiary/aromatic N) is 2. The summed E-state index contributed by atoms with van der Waals surface area (Å²) in [5.74, 6) is -1.71. The first-order chi connectivity index (χ1) is 13.4. The van der Waals surface area contributed by atoms with Gasteiger partial charge in [-0.3, -0.25) is 14.4 Å². The van der Waals surface area contributed by atoms with E-state index in [1.807, 2.05) is 0 Å². The van der Waals surface area contributed by atoms with Crippen molar-refractivity contribution in [1.29, 1.82) is 0 Å². The van der Waals surface area contributed by atoms with E-state index in [9.17, 15) is 18.8 Å². The summed E-state index contributed by atoms with van der Waals surface area (Å²) < 4.78 is 13.2. The van der Waals surface area contributed by atoms with Gasteiger partial charge in [0.2, 0.25) is 11.8 Å². The van der Waals surface area contributed by atoms with Crippen LogP contribution in [0.4, 0.5) is 10.1 Å². The molecule has 28 heavy (non-hydrogen) atoms. The molecule has 0 aliphatic carbocycles. The van der Waals surface area contributed by atoms with Gasteiger partial charge in [-0.25, -0.2) is 9.29 Å². The van der Waals surface area contributed by atoms with Gasteiger partial charge in [0.25, 0.3) is 5.91 Å². The second-order valence-corrected chi connectivity index (χ2v) is 6.84. The zero-order valence-corrected chi connectivity index (χ0v) is 15.7. The monoisotopic (exact) mass is 400 g/mol. The van der Waals surface area contributed by atoms with Crippen molar-refractivity contribution in [2.24, 2.45) is 0 Å². The number of halogens is 2. The fourth-order valence-electron chi connectivity index (χ4n) is 3.14. The van der Waals surface area contributed by atoms with Crippen LogP contribution in [0.5, 0.6) is 0 Å². The van der Waals surface area contributed by atoms with Crippen molar-refractivity contribution in [2.45, 2.75) is 18.9 Å². The highest BCUT2D eigenvalue weighted by atomic mass is 35.5. The second-order valence-electron chi connectivity index (χ2n) is 6.40. The van der Waals surface area contributed by atoms with Gasteiger partial charge in [0.05, 0.1) is 18.5 Å². The predicted octanol–water partition coefficient (Wildman–Crippen LogP) is 3.37. The van der Waals surface area contributed by atoms with Crippen LogP contribution in [0.2, 0.25) is 5.02 Å². The number of hydrogen-bond acceptors (Lipinski definition) is 3. The van der Waals surface area contributed by atoms with E-state index in [0.29, 0.717) is 5.02 Å². The lowest BCUT2D eigenvalue weighted by Crippen LogP contribution is -2.46. The summed E-state index contributed by atoms with van der Waals surface area (Å²) in [6, 6.07) is 11.0. The number of benzene rings is 2. The van der Waals surface area contributed by atoms with E-state index >= 15 is 0 Å². The molecule has 1 aliphatic heterocycles. The smallest absolute Gasteiger partial charge is 0.257 e. The summed E-state index contributed by atoms with van der Waals surface area (Å²) in [7, 11) is 0. The van der Waals surface area contributed by atoms with Crippen molar-refractivity contribution < 1.29 is 18.8 Å². The summed E-state index contributed by atoms with van der Waals surface area (Å²) in [6.07, 6.45) is 1.45. The fourth-order valence-corrected chi connectivity index (χ4v) is 3.27. The van der Waals surface area contributed by atoms with Crippen molar-refractivity contribution in [3.05, 3.63) is 77.6 Å². The average Bonchev–Trinajstić information content (AvgIpc) is 2.96. The number of hydrogen-bond donors (Lipinski definition) is 0.